The van der Waals surface area contributed by atoms with E-state index in [0.29, 0.717) is 18.7 Å². The lowest BCUT2D eigenvalue weighted by molar-refractivity contribution is 0.0169. The smallest absolute Gasteiger partial charge is 0.0628 e. The highest BCUT2D eigenvalue weighted by Gasteiger charge is 2.44. The Kier molecular flexibility index (Phi) is 3.88. The van der Waals surface area contributed by atoms with Gasteiger partial charge in [0.15, 0.2) is 0 Å². The van der Waals surface area contributed by atoms with Crippen molar-refractivity contribution in [2.24, 2.45) is 0 Å². The zero-order valence-corrected chi connectivity index (χ0v) is 10.7. The molecule has 2 unspecified atom stereocenters. The minimum Gasteiger partial charge on any atom is -0.394 e. The maximum absolute atomic E-state index is 9.78. The molecule has 16 heavy (non-hydrogen) atoms. The van der Waals surface area contributed by atoms with Crippen molar-refractivity contribution >= 4 is 0 Å². The summed E-state index contributed by atoms with van der Waals surface area (Å²) in [6, 6.07) is 1.13. The SMILES string of the molecule is CC(C)N1CCCCC1C1(CO)CCCN1. The van der Waals surface area contributed by atoms with Gasteiger partial charge >= 0.3 is 0 Å². The highest BCUT2D eigenvalue weighted by Crippen LogP contribution is 2.33. The fourth-order valence-corrected chi connectivity index (χ4v) is 3.52. The van der Waals surface area contributed by atoms with Crippen LogP contribution in [0.25, 0.3) is 0 Å². The largest absolute Gasteiger partial charge is 0.394 e. The number of nitrogens with one attached hydrogen (secondary N) is 1. The molecule has 2 fully saturated rings. The Hall–Kier alpha value is -0.120. The van der Waals surface area contributed by atoms with E-state index in [-0.39, 0.29) is 5.54 Å². The lowest BCUT2D eigenvalue weighted by atomic mass is 9.82. The van der Waals surface area contributed by atoms with Crippen LogP contribution in [0.15, 0.2) is 0 Å². The van der Waals surface area contributed by atoms with Crippen LogP contribution in [0, 0.1) is 0 Å². The highest BCUT2D eigenvalue weighted by molar-refractivity contribution is 5.04. The molecule has 0 saturated carbocycles. The van der Waals surface area contributed by atoms with Crippen LogP contribution in [-0.2, 0) is 0 Å². The van der Waals surface area contributed by atoms with E-state index in [1.54, 1.807) is 0 Å². The number of rotatable bonds is 3. The Morgan fingerprint density at radius 1 is 1.38 bits per heavy atom. The lowest BCUT2D eigenvalue weighted by Gasteiger charge is -2.48. The average Bonchev–Trinajstić information content (AvgIpc) is 2.78. The van der Waals surface area contributed by atoms with Gasteiger partial charge in [0, 0.05) is 12.1 Å². The van der Waals surface area contributed by atoms with Crippen LogP contribution in [-0.4, -0.2) is 47.3 Å². The second-order valence-corrected chi connectivity index (χ2v) is 5.69. The summed E-state index contributed by atoms with van der Waals surface area (Å²) >= 11 is 0. The summed E-state index contributed by atoms with van der Waals surface area (Å²) in [7, 11) is 0. The van der Waals surface area contributed by atoms with Crippen molar-refractivity contribution in [3.05, 3.63) is 0 Å². The van der Waals surface area contributed by atoms with Crippen molar-refractivity contribution < 1.29 is 5.11 Å². The molecule has 2 atom stereocenters. The standard InChI is InChI=1S/C13H26N2O/c1-11(2)15-9-4-3-6-12(15)13(10-16)7-5-8-14-13/h11-12,14,16H,3-10H2,1-2H3. The van der Waals surface area contributed by atoms with Gasteiger partial charge in [-0.05, 0) is 52.6 Å². The van der Waals surface area contributed by atoms with E-state index in [0.717, 1.165) is 13.0 Å². The third kappa shape index (κ3) is 2.13. The third-order valence-corrected chi connectivity index (χ3v) is 4.40. The molecule has 0 aliphatic carbocycles. The van der Waals surface area contributed by atoms with E-state index in [1.165, 1.54) is 32.2 Å². The van der Waals surface area contributed by atoms with Crippen molar-refractivity contribution in [3.8, 4) is 0 Å². The van der Waals surface area contributed by atoms with Gasteiger partial charge in [-0.2, -0.15) is 0 Å². The number of nitrogens with zero attached hydrogens (tertiary/aromatic N) is 1. The van der Waals surface area contributed by atoms with Gasteiger partial charge in [0.05, 0.1) is 12.1 Å². The van der Waals surface area contributed by atoms with Crippen molar-refractivity contribution in [1.29, 1.82) is 0 Å². The third-order valence-electron chi connectivity index (χ3n) is 4.40. The highest BCUT2D eigenvalue weighted by atomic mass is 16.3. The van der Waals surface area contributed by atoms with Crippen LogP contribution in [0.4, 0.5) is 0 Å². The van der Waals surface area contributed by atoms with Gasteiger partial charge in [-0.3, -0.25) is 4.90 Å². The first-order chi connectivity index (χ1) is 7.69. The molecule has 2 aliphatic rings. The summed E-state index contributed by atoms with van der Waals surface area (Å²) < 4.78 is 0. The molecule has 2 N–H and O–H groups in total. The molecule has 94 valence electrons. The predicted molar refractivity (Wildman–Crippen MR) is 66.5 cm³/mol. The van der Waals surface area contributed by atoms with Gasteiger partial charge < -0.3 is 10.4 Å². The Morgan fingerprint density at radius 3 is 2.75 bits per heavy atom. The van der Waals surface area contributed by atoms with Crippen LogP contribution in [0.2, 0.25) is 0 Å². The zero-order valence-electron chi connectivity index (χ0n) is 10.7. The molecule has 0 aromatic heterocycles. The zero-order chi connectivity index (χ0) is 11.6. The Bertz CT molecular complexity index is 224. The molecule has 0 aromatic rings. The molecular formula is C13H26N2O. The second-order valence-electron chi connectivity index (χ2n) is 5.69. The Balaban J connectivity index is 2.14. The number of piperidine rings is 1. The number of aliphatic hydroxyl groups excluding tert-OH is 1. The van der Waals surface area contributed by atoms with E-state index < -0.39 is 0 Å². The normalized spacial score (nSPS) is 37.1. The van der Waals surface area contributed by atoms with E-state index in [2.05, 4.69) is 24.1 Å². The number of hydrogen-bond donors (Lipinski definition) is 2. The monoisotopic (exact) mass is 226 g/mol. The lowest BCUT2D eigenvalue weighted by Crippen LogP contribution is -2.63. The molecule has 0 spiro atoms. The van der Waals surface area contributed by atoms with Gasteiger partial charge in [-0.15, -0.1) is 0 Å². The summed E-state index contributed by atoms with van der Waals surface area (Å²) in [4.78, 5) is 2.60. The maximum atomic E-state index is 9.78. The van der Waals surface area contributed by atoms with E-state index in [9.17, 15) is 5.11 Å². The molecule has 0 aromatic carbocycles. The van der Waals surface area contributed by atoms with Crippen LogP contribution in [0.3, 0.4) is 0 Å². The number of aliphatic hydroxyl groups is 1. The molecule has 2 aliphatic heterocycles. The van der Waals surface area contributed by atoms with Gasteiger partial charge in [0.25, 0.3) is 0 Å². The topological polar surface area (TPSA) is 35.5 Å². The van der Waals surface area contributed by atoms with Crippen molar-refractivity contribution in [2.45, 2.75) is 63.6 Å². The Morgan fingerprint density at radius 2 is 2.19 bits per heavy atom. The number of likely N-dealkylation sites (tertiary alicyclic amines) is 1. The van der Waals surface area contributed by atoms with Crippen LogP contribution in [0.5, 0.6) is 0 Å². The molecule has 3 nitrogen and oxygen atoms in total. The minimum atomic E-state index is -0.00924. The average molecular weight is 226 g/mol. The van der Waals surface area contributed by atoms with Gasteiger partial charge in [0.2, 0.25) is 0 Å². The molecular weight excluding hydrogens is 200 g/mol. The van der Waals surface area contributed by atoms with Crippen LogP contribution < -0.4 is 5.32 Å². The fourth-order valence-electron chi connectivity index (χ4n) is 3.52. The summed E-state index contributed by atoms with van der Waals surface area (Å²) in [6.07, 6.45) is 6.22. The summed E-state index contributed by atoms with van der Waals surface area (Å²) in [5.41, 5.74) is -0.00924. The molecule has 2 saturated heterocycles. The van der Waals surface area contributed by atoms with E-state index in [4.69, 9.17) is 0 Å². The second kappa shape index (κ2) is 5.03. The van der Waals surface area contributed by atoms with Crippen molar-refractivity contribution in [1.82, 2.24) is 10.2 Å². The first-order valence-corrected chi connectivity index (χ1v) is 6.81. The van der Waals surface area contributed by atoms with E-state index in [1.807, 2.05) is 0 Å². The number of hydrogen-bond acceptors (Lipinski definition) is 3. The molecule has 3 heteroatoms. The first-order valence-electron chi connectivity index (χ1n) is 6.81. The van der Waals surface area contributed by atoms with Gasteiger partial charge in [0.1, 0.15) is 0 Å². The minimum absolute atomic E-state index is 0.00924. The van der Waals surface area contributed by atoms with Crippen molar-refractivity contribution in [2.75, 3.05) is 19.7 Å². The molecule has 0 amide bonds. The van der Waals surface area contributed by atoms with Crippen LogP contribution >= 0.6 is 0 Å². The maximum Gasteiger partial charge on any atom is 0.0628 e. The predicted octanol–water partition coefficient (Wildman–Crippen LogP) is 1.36. The van der Waals surface area contributed by atoms with E-state index >= 15 is 0 Å². The van der Waals surface area contributed by atoms with Gasteiger partial charge in [-0.25, -0.2) is 0 Å². The molecule has 2 rings (SSSR count). The first kappa shape index (κ1) is 12.3. The summed E-state index contributed by atoms with van der Waals surface area (Å²) in [5, 5.41) is 13.4. The summed E-state index contributed by atoms with van der Waals surface area (Å²) in [5.74, 6) is 0. The van der Waals surface area contributed by atoms with Crippen LogP contribution in [0.1, 0.15) is 46.0 Å². The summed E-state index contributed by atoms with van der Waals surface area (Å²) in [6.45, 7) is 7.12. The quantitative estimate of drug-likeness (QED) is 0.763. The fraction of sp³-hybridized carbons (Fsp3) is 1.00. The molecule has 0 radical (unpaired) electrons. The molecule has 2 heterocycles. The van der Waals surface area contributed by atoms with Crippen molar-refractivity contribution in [3.63, 3.8) is 0 Å². The van der Waals surface area contributed by atoms with Gasteiger partial charge in [-0.1, -0.05) is 6.42 Å². The molecule has 0 bridgehead atoms. The Labute approximate surface area is 99.2 Å².